The Bertz CT molecular complexity index is 1310. The molecular formula is C23H21N5O3S. The fourth-order valence-electron chi connectivity index (χ4n) is 3.05. The standard InChI is InChI=1S/C23H21N5O3S/c29-23(25-22-17-28(27-26-22)16-19-10-5-2-6-11-19)20-12-7-13-21(14-20)32(30,31)24-15-18-8-3-1-4-9-18/h1-14,17,24H,15-16H2,(H,25,29). The highest BCUT2D eigenvalue weighted by Crippen LogP contribution is 2.14. The maximum Gasteiger partial charge on any atom is 0.256 e. The van der Waals surface area contributed by atoms with E-state index in [1.165, 1.54) is 18.2 Å². The van der Waals surface area contributed by atoms with Gasteiger partial charge in [-0.05, 0) is 29.3 Å². The summed E-state index contributed by atoms with van der Waals surface area (Å²) in [4.78, 5) is 12.6. The Morgan fingerprint density at radius 2 is 1.56 bits per heavy atom. The van der Waals surface area contributed by atoms with Crippen molar-refractivity contribution in [3.63, 3.8) is 0 Å². The third-order valence-electron chi connectivity index (χ3n) is 4.68. The van der Waals surface area contributed by atoms with Crippen LogP contribution in [0.25, 0.3) is 0 Å². The van der Waals surface area contributed by atoms with Gasteiger partial charge in [0, 0.05) is 12.1 Å². The second-order valence-electron chi connectivity index (χ2n) is 7.08. The number of nitrogens with zero attached hydrogens (tertiary/aromatic N) is 3. The van der Waals surface area contributed by atoms with Gasteiger partial charge in [-0.1, -0.05) is 71.9 Å². The van der Waals surface area contributed by atoms with Gasteiger partial charge in [0.2, 0.25) is 10.0 Å². The Morgan fingerprint density at radius 1 is 0.875 bits per heavy atom. The Hall–Kier alpha value is -3.82. The summed E-state index contributed by atoms with van der Waals surface area (Å²) in [7, 11) is -3.78. The molecule has 1 heterocycles. The number of amides is 1. The molecule has 0 saturated heterocycles. The van der Waals surface area contributed by atoms with Gasteiger partial charge in [0.25, 0.3) is 5.91 Å². The van der Waals surface area contributed by atoms with E-state index in [1.807, 2.05) is 60.7 Å². The molecule has 32 heavy (non-hydrogen) atoms. The van der Waals surface area contributed by atoms with Crippen LogP contribution >= 0.6 is 0 Å². The normalized spacial score (nSPS) is 11.2. The zero-order chi connectivity index (χ0) is 22.4. The summed E-state index contributed by atoms with van der Waals surface area (Å²) in [6, 6.07) is 24.8. The van der Waals surface area contributed by atoms with Gasteiger partial charge in [0.05, 0.1) is 17.6 Å². The number of hydrogen-bond donors (Lipinski definition) is 2. The second kappa shape index (κ2) is 9.54. The van der Waals surface area contributed by atoms with Gasteiger partial charge in [0.1, 0.15) is 0 Å². The van der Waals surface area contributed by atoms with Gasteiger partial charge < -0.3 is 5.32 Å². The average Bonchev–Trinajstić information content (AvgIpc) is 3.26. The minimum Gasteiger partial charge on any atom is -0.304 e. The van der Waals surface area contributed by atoms with Gasteiger partial charge in [-0.2, -0.15) is 0 Å². The third kappa shape index (κ3) is 5.45. The molecule has 3 aromatic carbocycles. The van der Waals surface area contributed by atoms with Crippen molar-refractivity contribution in [3.8, 4) is 0 Å². The van der Waals surface area contributed by atoms with Crippen molar-refractivity contribution in [2.45, 2.75) is 18.0 Å². The molecule has 0 unspecified atom stereocenters. The number of sulfonamides is 1. The fourth-order valence-corrected chi connectivity index (χ4v) is 4.12. The van der Waals surface area contributed by atoms with E-state index in [2.05, 4.69) is 20.4 Å². The summed E-state index contributed by atoms with van der Waals surface area (Å²) in [6.07, 6.45) is 1.62. The van der Waals surface area contributed by atoms with Crippen molar-refractivity contribution < 1.29 is 13.2 Å². The monoisotopic (exact) mass is 447 g/mol. The molecule has 9 heteroatoms. The molecule has 4 aromatic rings. The van der Waals surface area contributed by atoms with Crippen LogP contribution in [0, 0.1) is 0 Å². The van der Waals surface area contributed by atoms with E-state index in [0.29, 0.717) is 6.54 Å². The lowest BCUT2D eigenvalue weighted by atomic mass is 10.2. The van der Waals surface area contributed by atoms with Gasteiger partial charge >= 0.3 is 0 Å². The quantitative estimate of drug-likeness (QED) is 0.432. The first-order chi connectivity index (χ1) is 15.5. The summed E-state index contributed by atoms with van der Waals surface area (Å²) in [5.41, 5.74) is 2.09. The van der Waals surface area contributed by atoms with Crippen LogP contribution in [0.1, 0.15) is 21.5 Å². The number of hydrogen-bond acceptors (Lipinski definition) is 5. The SMILES string of the molecule is O=C(Nc1cn(Cc2ccccc2)nn1)c1cccc(S(=O)(=O)NCc2ccccc2)c1. The van der Waals surface area contributed by atoms with Gasteiger partial charge in [-0.3, -0.25) is 4.79 Å². The number of anilines is 1. The zero-order valence-corrected chi connectivity index (χ0v) is 17.9. The summed E-state index contributed by atoms with van der Waals surface area (Å²) in [6.45, 7) is 0.675. The van der Waals surface area contributed by atoms with Crippen molar-refractivity contribution in [1.82, 2.24) is 19.7 Å². The molecule has 162 valence electrons. The highest BCUT2D eigenvalue weighted by molar-refractivity contribution is 7.89. The molecule has 8 nitrogen and oxygen atoms in total. The first-order valence-corrected chi connectivity index (χ1v) is 11.4. The van der Waals surface area contributed by atoms with E-state index >= 15 is 0 Å². The molecule has 0 bridgehead atoms. The molecular weight excluding hydrogens is 426 g/mol. The summed E-state index contributed by atoms with van der Waals surface area (Å²) in [5.74, 6) is -0.196. The number of carbonyl (C=O) groups is 1. The maximum absolute atomic E-state index is 12.6. The fraction of sp³-hybridized carbons (Fsp3) is 0.0870. The molecule has 4 rings (SSSR count). The van der Waals surface area contributed by atoms with Crippen LogP contribution in [0.4, 0.5) is 5.82 Å². The Labute approximate surface area is 186 Å². The largest absolute Gasteiger partial charge is 0.304 e. The first-order valence-electron chi connectivity index (χ1n) is 9.89. The number of rotatable bonds is 8. The number of benzene rings is 3. The Morgan fingerprint density at radius 3 is 2.28 bits per heavy atom. The van der Waals surface area contributed by atoms with Crippen molar-refractivity contribution >= 4 is 21.7 Å². The van der Waals surface area contributed by atoms with Crippen LogP contribution in [-0.4, -0.2) is 29.3 Å². The summed E-state index contributed by atoms with van der Waals surface area (Å²) in [5, 5.41) is 10.6. The lowest BCUT2D eigenvalue weighted by molar-refractivity contribution is 0.102. The highest BCUT2D eigenvalue weighted by Gasteiger charge is 2.17. The molecule has 0 saturated carbocycles. The lowest BCUT2D eigenvalue weighted by Crippen LogP contribution is -2.23. The van der Waals surface area contributed by atoms with Crippen LogP contribution in [-0.2, 0) is 23.1 Å². The van der Waals surface area contributed by atoms with E-state index in [1.54, 1.807) is 16.9 Å². The molecule has 0 aliphatic carbocycles. The average molecular weight is 448 g/mol. The van der Waals surface area contributed by atoms with Crippen LogP contribution in [0.15, 0.2) is 96.0 Å². The molecule has 1 amide bonds. The Balaban J connectivity index is 1.42. The molecule has 0 atom stereocenters. The van der Waals surface area contributed by atoms with Crippen LogP contribution in [0.5, 0.6) is 0 Å². The van der Waals surface area contributed by atoms with E-state index in [0.717, 1.165) is 11.1 Å². The predicted octanol–water partition coefficient (Wildman–Crippen LogP) is 3.06. The van der Waals surface area contributed by atoms with Gasteiger partial charge in [-0.25, -0.2) is 17.8 Å². The number of carbonyl (C=O) groups excluding carboxylic acids is 1. The van der Waals surface area contributed by atoms with Gasteiger partial charge in [-0.15, -0.1) is 5.10 Å². The van der Waals surface area contributed by atoms with E-state index < -0.39 is 15.9 Å². The predicted molar refractivity (Wildman–Crippen MR) is 120 cm³/mol. The van der Waals surface area contributed by atoms with Crippen molar-refractivity contribution in [2.24, 2.45) is 0 Å². The molecule has 1 aromatic heterocycles. The van der Waals surface area contributed by atoms with Crippen LogP contribution in [0.2, 0.25) is 0 Å². The minimum atomic E-state index is -3.78. The van der Waals surface area contributed by atoms with Crippen LogP contribution < -0.4 is 10.0 Å². The lowest BCUT2D eigenvalue weighted by Gasteiger charge is -2.08. The Kier molecular flexibility index (Phi) is 6.39. The molecule has 0 spiro atoms. The van der Waals surface area contributed by atoms with E-state index in [-0.39, 0.29) is 22.8 Å². The zero-order valence-electron chi connectivity index (χ0n) is 17.0. The van der Waals surface area contributed by atoms with Crippen LogP contribution in [0.3, 0.4) is 0 Å². The van der Waals surface area contributed by atoms with Crippen molar-refractivity contribution in [2.75, 3.05) is 5.32 Å². The number of nitrogens with one attached hydrogen (secondary N) is 2. The van der Waals surface area contributed by atoms with E-state index in [9.17, 15) is 13.2 Å². The third-order valence-corrected chi connectivity index (χ3v) is 6.08. The second-order valence-corrected chi connectivity index (χ2v) is 8.85. The molecule has 0 fully saturated rings. The minimum absolute atomic E-state index is 0.00816. The summed E-state index contributed by atoms with van der Waals surface area (Å²) < 4.78 is 29.5. The van der Waals surface area contributed by atoms with Crippen molar-refractivity contribution in [1.29, 1.82) is 0 Å². The molecule has 0 aliphatic rings. The smallest absolute Gasteiger partial charge is 0.256 e. The maximum atomic E-state index is 12.6. The molecule has 2 N–H and O–H groups in total. The molecule has 0 aliphatic heterocycles. The topological polar surface area (TPSA) is 106 Å². The summed E-state index contributed by atoms with van der Waals surface area (Å²) >= 11 is 0. The first kappa shape index (κ1) is 21.4. The van der Waals surface area contributed by atoms with Crippen molar-refractivity contribution in [3.05, 3.63) is 108 Å². The molecule has 0 radical (unpaired) electrons. The number of aromatic nitrogens is 3. The van der Waals surface area contributed by atoms with E-state index in [4.69, 9.17) is 0 Å². The highest BCUT2D eigenvalue weighted by atomic mass is 32.2. The van der Waals surface area contributed by atoms with Gasteiger partial charge in [0.15, 0.2) is 5.82 Å².